The van der Waals surface area contributed by atoms with Gasteiger partial charge in [-0.3, -0.25) is 14.4 Å². The van der Waals surface area contributed by atoms with Crippen molar-refractivity contribution in [3.8, 4) is 0 Å². The van der Waals surface area contributed by atoms with Gasteiger partial charge in [-0.1, -0.05) is 6.92 Å². The second-order valence-electron chi connectivity index (χ2n) is 2.84. The Morgan fingerprint density at radius 3 is 1.86 bits per heavy atom. The van der Waals surface area contributed by atoms with E-state index < -0.39 is 23.6 Å². The van der Waals surface area contributed by atoms with E-state index in [1.165, 1.54) is 13.8 Å². The number of Topliss-reactive ketones (excluding diaryl/α,β-unsaturated/α-hetero) is 2. The van der Waals surface area contributed by atoms with Crippen molar-refractivity contribution >= 4 is 17.5 Å². The summed E-state index contributed by atoms with van der Waals surface area (Å²) in [4.78, 5) is 32.6. The van der Waals surface area contributed by atoms with Crippen molar-refractivity contribution in [2.75, 3.05) is 0 Å². The summed E-state index contributed by atoms with van der Waals surface area (Å²) >= 11 is 0. The summed E-state index contributed by atoms with van der Waals surface area (Å²) in [5, 5.41) is 0. The molecule has 0 aliphatic rings. The molecule has 0 bridgehead atoms. The van der Waals surface area contributed by atoms with Gasteiger partial charge in [-0.25, -0.2) is 0 Å². The molecule has 0 aromatic rings. The molecule has 5 heteroatoms. The Balaban J connectivity index is 0. The number of ether oxygens (including phenoxy) is 1. The molecule has 0 saturated heterocycles. The summed E-state index contributed by atoms with van der Waals surface area (Å²) in [6.45, 7) is 4.27. The van der Waals surface area contributed by atoms with E-state index in [0.717, 1.165) is 0 Å². The molecule has 0 amide bonds. The number of esters is 1. The predicted molar refractivity (Wildman–Crippen MR) is 46.2 cm³/mol. The molecule has 14 heavy (non-hydrogen) atoms. The minimum absolute atomic E-state index is 0. The van der Waals surface area contributed by atoms with Gasteiger partial charge in [0.2, 0.25) is 6.10 Å². The average molecular weight is 277 g/mol. The SMILES string of the molecule is CCCC(=O)OC(C(C)=O)C(C)=O.[Zr]. The molecular weight excluding hydrogens is 263 g/mol. The predicted octanol–water partition coefficient (Wildman–Crippen LogP) is 0.874. The van der Waals surface area contributed by atoms with E-state index in [1.807, 2.05) is 6.92 Å². The van der Waals surface area contributed by atoms with Crippen molar-refractivity contribution in [3.05, 3.63) is 0 Å². The second-order valence-corrected chi connectivity index (χ2v) is 2.84. The molecule has 0 atom stereocenters. The maximum atomic E-state index is 10.9. The number of hydrogen-bond donors (Lipinski definition) is 0. The molecule has 0 aromatic heterocycles. The summed E-state index contributed by atoms with van der Waals surface area (Å²) in [6, 6.07) is 0. The van der Waals surface area contributed by atoms with E-state index in [2.05, 4.69) is 4.74 Å². The van der Waals surface area contributed by atoms with Crippen LogP contribution in [0.25, 0.3) is 0 Å². The van der Waals surface area contributed by atoms with Crippen LogP contribution in [-0.4, -0.2) is 23.6 Å². The molecule has 0 saturated carbocycles. The van der Waals surface area contributed by atoms with Gasteiger partial charge in [0.05, 0.1) is 0 Å². The molecule has 0 aliphatic carbocycles. The van der Waals surface area contributed by atoms with Crippen LogP contribution in [0.4, 0.5) is 0 Å². The fourth-order valence-electron chi connectivity index (χ4n) is 0.847. The minimum Gasteiger partial charge on any atom is -0.446 e. The third-order valence-corrected chi connectivity index (χ3v) is 1.44. The number of ketones is 2. The first-order valence-corrected chi connectivity index (χ1v) is 4.19. The average Bonchev–Trinajstić information content (AvgIpc) is 1.99. The maximum absolute atomic E-state index is 10.9. The minimum atomic E-state index is -1.21. The summed E-state index contributed by atoms with van der Waals surface area (Å²) in [6.07, 6.45) is -0.336. The zero-order valence-corrected chi connectivity index (χ0v) is 11.1. The molecule has 0 N–H and O–H groups in total. The fraction of sp³-hybridized carbons (Fsp3) is 0.667. The standard InChI is InChI=1S/C9H14O4.Zr/c1-4-5-8(12)13-9(6(2)10)7(3)11;/h9H,4-5H2,1-3H3;. The van der Waals surface area contributed by atoms with E-state index >= 15 is 0 Å². The van der Waals surface area contributed by atoms with E-state index in [1.54, 1.807) is 0 Å². The van der Waals surface area contributed by atoms with Crippen LogP contribution < -0.4 is 0 Å². The van der Waals surface area contributed by atoms with Crippen molar-refractivity contribution in [1.29, 1.82) is 0 Å². The van der Waals surface area contributed by atoms with Crippen LogP contribution in [0.2, 0.25) is 0 Å². The number of hydrogen-bond acceptors (Lipinski definition) is 4. The Hall–Kier alpha value is -0.307. The molecule has 0 heterocycles. The summed E-state index contributed by atoms with van der Waals surface area (Å²) in [7, 11) is 0. The molecule has 0 radical (unpaired) electrons. The third-order valence-electron chi connectivity index (χ3n) is 1.44. The third kappa shape index (κ3) is 6.19. The van der Waals surface area contributed by atoms with Gasteiger partial charge >= 0.3 is 5.97 Å². The molecular formula is C9H14O4Zr. The van der Waals surface area contributed by atoms with E-state index in [4.69, 9.17) is 0 Å². The van der Waals surface area contributed by atoms with E-state index in [-0.39, 0.29) is 32.6 Å². The monoisotopic (exact) mass is 276 g/mol. The first-order chi connectivity index (χ1) is 5.99. The molecule has 0 aliphatic heterocycles. The van der Waals surface area contributed by atoms with Gasteiger partial charge in [-0.15, -0.1) is 0 Å². The Bertz CT molecular complexity index is 211. The summed E-state index contributed by atoms with van der Waals surface area (Å²) < 4.78 is 4.68. The van der Waals surface area contributed by atoms with Gasteiger partial charge in [0, 0.05) is 32.6 Å². The number of rotatable bonds is 5. The summed E-state index contributed by atoms with van der Waals surface area (Å²) in [5.41, 5.74) is 0. The van der Waals surface area contributed by atoms with Crippen LogP contribution in [0.15, 0.2) is 0 Å². The van der Waals surface area contributed by atoms with E-state index in [0.29, 0.717) is 6.42 Å². The Morgan fingerprint density at radius 1 is 1.14 bits per heavy atom. The van der Waals surface area contributed by atoms with Crippen LogP contribution in [-0.2, 0) is 45.3 Å². The van der Waals surface area contributed by atoms with Crippen LogP contribution in [0.3, 0.4) is 0 Å². The van der Waals surface area contributed by atoms with Gasteiger partial charge in [0.15, 0.2) is 11.6 Å². The van der Waals surface area contributed by atoms with Gasteiger partial charge < -0.3 is 4.74 Å². The largest absolute Gasteiger partial charge is 0.446 e. The molecule has 0 spiro atoms. The Kier molecular flexibility index (Phi) is 9.27. The van der Waals surface area contributed by atoms with Crippen LogP contribution >= 0.6 is 0 Å². The van der Waals surface area contributed by atoms with Crippen molar-refractivity contribution in [1.82, 2.24) is 0 Å². The van der Waals surface area contributed by atoms with Gasteiger partial charge in [-0.05, 0) is 20.3 Å². The topological polar surface area (TPSA) is 60.4 Å². The number of carbonyl (C=O) groups excluding carboxylic acids is 3. The fourth-order valence-corrected chi connectivity index (χ4v) is 0.847. The Morgan fingerprint density at radius 2 is 1.57 bits per heavy atom. The molecule has 0 aromatic carbocycles. The first-order valence-electron chi connectivity index (χ1n) is 4.19. The smallest absolute Gasteiger partial charge is 0.306 e. The molecule has 0 unspecified atom stereocenters. The first kappa shape index (κ1) is 16.1. The molecule has 0 rings (SSSR count). The normalized spacial score (nSPS) is 9.14. The van der Waals surface area contributed by atoms with Crippen LogP contribution in [0.5, 0.6) is 0 Å². The van der Waals surface area contributed by atoms with Crippen molar-refractivity contribution in [2.24, 2.45) is 0 Å². The summed E-state index contributed by atoms with van der Waals surface area (Å²) in [5.74, 6) is -1.37. The Labute approximate surface area is 103 Å². The van der Waals surface area contributed by atoms with Crippen LogP contribution in [0.1, 0.15) is 33.6 Å². The zero-order valence-electron chi connectivity index (χ0n) is 8.62. The van der Waals surface area contributed by atoms with Gasteiger partial charge in [0.1, 0.15) is 0 Å². The van der Waals surface area contributed by atoms with Crippen LogP contribution in [0, 0.1) is 0 Å². The zero-order chi connectivity index (χ0) is 10.4. The van der Waals surface area contributed by atoms with Crippen molar-refractivity contribution in [3.63, 3.8) is 0 Å². The maximum Gasteiger partial charge on any atom is 0.306 e. The molecule has 0 fully saturated rings. The second kappa shape index (κ2) is 8.04. The molecule has 78 valence electrons. The van der Waals surface area contributed by atoms with Gasteiger partial charge in [-0.2, -0.15) is 0 Å². The van der Waals surface area contributed by atoms with Crippen molar-refractivity contribution < 1.29 is 45.3 Å². The van der Waals surface area contributed by atoms with Crippen molar-refractivity contribution in [2.45, 2.75) is 39.7 Å². The molecule has 4 nitrogen and oxygen atoms in total. The van der Waals surface area contributed by atoms with Gasteiger partial charge in [0.25, 0.3) is 0 Å². The number of carbonyl (C=O) groups is 3. The quantitative estimate of drug-likeness (QED) is 0.553. The van der Waals surface area contributed by atoms with E-state index in [9.17, 15) is 14.4 Å².